The minimum absolute atomic E-state index is 0.778. The molecule has 0 aromatic rings. The predicted molar refractivity (Wildman–Crippen MR) is 38.9 cm³/mol. The van der Waals surface area contributed by atoms with Crippen molar-refractivity contribution >= 4 is 0 Å². The van der Waals surface area contributed by atoms with E-state index in [0.29, 0.717) is 0 Å². The zero-order valence-electron chi connectivity index (χ0n) is 6.36. The molecule has 0 heteroatoms. The van der Waals surface area contributed by atoms with Gasteiger partial charge in [-0.15, -0.1) is 0 Å². The summed E-state index contributed by atoms with van der Waals surface area (Å²) in [6, 6.07) is 0. The number of hydrogen-bond donors (Lipinski definition) is 0. The van der Waals surface area contributed by atoms with Crippen LogP contribution in [0.3, 0.4) is 0 Å². The molecule has 0 aliphatic rings. The number of allylic oxidation sites excluding steroid dienone is 2. The van der Waals surface area contributed by atoms with Crippen molar-refractivity contribution in [3.05, 3.63) is 11.6 Å². The van der Waals surface area contributed by atoms with Crippen LogP contribution in [0.4, 0.5) is 0 Å². The fourth-order valence-corrected chi connectivity index (χ4v) is 0.606. The van der Waals surface area contributed by atoms with E-state index in [4.69, 9.17) is 0 Å². The molecule has 1 unspecified atom stereocenters. The Morgan fingerprint density at radius 1 is 1.62 bits per heavy atom. The fourth-order valence-electron chi connectivity index (χ4n) is 0.606. The molecule has 0 aliphatic carbocycles. The first kappa shape index (κ1) is 7.74. The van der Waals surface area contributed by atoms with Crippen LogP contribution in [0.5, 0.6) is 0 Å². The third-order valence-electron chi connectivity index (χ3n) is 1.85. The van der Waals surface area contributed by atoms with E-state index in [1.165, 1.54) is 12.0 Å². The Morgan fingerprint density at radius 2 is 2.12 bits per heavy atom. The smallest absolute Gasteiger partial charge is 0.0237 e. The summed E-state index contributed by atoms with van der Waals surface area (Å²) in [5.74, 6) is 0.778. The zero-order valence-corrected chi connectivity index (χ0v) is 6.36. The molecule has 0 amide bonds. The quantitative estimate of drug-likeness (QED) is 0.482. The van der Waals surface area contributed by atoms with E-state index in [0.717, 1.165) is 5.92 Å². The second-order valence-corrected chi connectivity index (χ2v) is 2.34. The van der Waals surface area contributed by atoms with Crippen LogP contribution in [0.15, 0.2) is 11.6 Å². The number of hydrogen-bond acceptors (Lipinski definition) is 0. The van der Waals surface area contributed by atoms with Crippen LogP contribution in [-0.2, 0) is 0 Å². The minimum atomic E-state index is 0.778. The molecule has 0 rings (SSSR count). The zero-order chi connectivity index (χ0) is 6.57. The average Bonchev–Trinajstić information content (AvgIpc) is 1.84. The van der Waals surface area contributed by atoms with Crippen molar-refractivity contribution in [2.24, 2.45) is 5.92 Å². The number of rotatable bonds is 2. The van der Waals surface area contributed by atoms with Crippen molar-refractivity contribution in [1.82, 2.24) is 0 Å². The molecule has 0 saturated carbocycles. The fraction of sp³-hybridized carbons (Fsp3) is 0.750. The van der Waals surface area contributed by atoms with Crippen LogP contribution in [-0.4, -0.2) is 0 Å². The van der Waals surface area contributed by atoms with Crippen LogP contribution in [0.25, 0.3) is 0 Å². The highest BCUT2D eigenvalue weighted by Gasteiger charge is 1.96. The molecule has 0 saturated heterocycles. The van der Waals surface area contributed by atoms with E-state index in [9.17, 15) is 0 Å². The van der Waals surface area contributed by atoms with Crippen molar-refractivity contribution in [3.8, 4) is 0 Å². The molecule has 0 radical (unpaired) electrons. The lowest BCUT2D eigenvalue weighted by Gasteiger charge is -2.06. The lowest BCUT2D eigenvalue weighted by atomic mass is 10.0. The molecule has 1 atom stereocenters. The molecule has 0 heterocycles. The van der Waals surface area contributed by atoms with Gasteiger partial charge in [-0.3, -0.25) is 0 Å². The van der Waals surface area contributed by atoms with Gasteiger partial charge in [-0.1, -0.05) is 25.5 Å². The van der Waals surface area contributed by atoms with Gasteiger partial charge in [0.2, 0.25) is 0 Å². The Balaban J connectivity index is 3.63. The topological polar surface area (TPSA) is 0 Å². The average molecular weight is 112 g/mol. The Morgan fingerprint density at radius 3 is 2.25 bits per heavy atom. The third-order valence-corrected chi connectivity index (χ3v) is 1.85. The third kappa shape index (κ3) is 2.15. The first-order valence-corrected chi connectivity index (χ1v) is 3.35. The molecule has 0 fully saturated rings. The predicted octanol–water partition coefficient (Wildman–Crippen LogP) is 3.00. The molecule has 0 aromatic heterocycles. The summed E-state index contributed by atoms with van der Waals surface area (Å²) in [6.45, 7) is 8.77. The first-order chi connectivity index (χ1) is 3.72. The van der Waals surface area contributed by atoms with Crippen LogP contribution >= 0.6 is 0 Å². The van der Waals surface area contributed by atoms with Gasteiger partial charge in [0.1, 0.15) is 0 Å². The molecule has 0 N–H and O–H groups in total. The van der Waals surface area contributed by atoms with Crippen molar-refractivity contribution in [3.63, 3.8) is 0 Å². The van der Waals surface area contributed by atoms with E-state index in [1.54, 1.807) is 0 Å². The maximum atomic E-state index is 2.26. The summed E-state index contributed by atoms with van der Waals surface area (Å²) in [7, 11) is 0. The van der Waals surface area contributed by atoms with Gasteiger partial charge in [-0.2, -0.15) is 0 Å². The Kier molecular flexibility index (Phi) is 3.59. The molecule has 48 valence electrons. The minimum Gasteiger partial charge on any atom is -0.0885 e. The lowest BCUT2D eigenvalue weighted by molar-refractivity contribution is 0.654. The van der Waals surface area contributed by atoms with Crippen molar-refractivity contribution in [1.29, 1.82) is 0 Å². The van der Waals surface area contributed by atoms with Crippen LogP contribution in [0.2, 0.25) is 0 Å². The summed E-state index contributed by atoms with van der Waals surface area (Å²) in [4.78, 5) is 0. The monoisotopic (exact) mass is 112 g/mol. The van der Waals surface area contributed by atoms with Gasteiger partial charge in [0, 0.05) is 0 Å². The second-order valence-electron chi connectivity index (χ2n) is 2.34. The Bertz CT molecular complexity index is 80.0. The molecule has 0 bridgehead atoms. The first-order valence-electron chi connectivity index (χ1n) is 3.35. The van der Waals surface area contributed by atoms with Gasteiger partial charge in [0.25, 0.3) is 0 Å². The normalized spacial score (nSPS) is 16.2. The van der Waals surface area contributed by atoms with Gasteiger partial charge in [0.15, 0.2) is 0 Å². The highest BCUT2D eigenvalue weighted by Crippen LogP contribution is 2.11. The molecule has 0 aliphatic heterocycles. The summed E-state index contributed by atoms with van der Waals surface area (Å²) in [5, 5.41) is 0. The van der Waals surface area contributed by atoms with E-state index in [2.05, 4.69) is 33.8 Å². The van der Waals surface area contributed by atoms with Crippen molar-refractivity contribution < 1.29 is 0 Å². The summed E-state index contributed by atoms with van der Waals surface area (Å²) in [6.07, 6.45) is 3.45. The van der Waals surface area contributed by atoms with Gasteiger partial charge in [-0.25, -0.2) is 0 Å². The molecular formula is C8H16. The Hall–Kier alpha value is -0.260. The maximum absolute atomic E-state index is 2.26. The highest BCUT2D eigenvalue weighted by atomic mass is 14.0. The lowest BCUT2D eigenvalue weighted by Crippen LogP contribution is -1.91. The standard InChI is InChI=1S/C8H16/c1-5-7(3)8(4)6-2/h5,8H,6H2,1-4H3/b7-5+. The highest BCUT2D eigenvalue weighted by molar-refractivity contribution is 4.99. The largest absolute Gasteiger partial charge is 0.0885 e. The maximum Gasteiger partial charge on any atom is -0.0237 e. The summed E-state index contributed by atoms with van der Waals surface area (Å²) < 4.78 is 0. The Labute approximate surface area is 52.6 Å². The van der Waals surface area contributed by atoms with E-state index in [1.807, 2.05) is 0 Å². The van der Waals surface area contributed by atoms with E-state index in [-0.39, 0.29) is 0 Å². The van der Waals surface area contributed by atoms with E-state index < -0.39 is 0 Å². The molecule has 8 heavy (non-hydrogen) atoms. The van der Waals surface area contributed by atoms with Gasteiger partial charge < -0.3 is 0 Å². The summed E-state index contributed by atoms with van der Waals surface area (Å²) >= 11 is 0. The SMILES string of the molecule is C/C=C(\C)C(C)CC. The molecular weight excluding hydrogens is 96.1 g/mol. The van der Waals surface area contributed by atoms with Crippen LogP contribution in [0, 0.1) is 5.92 Å². The molecule has 0 spiro atoms. The molecule has 0 nitrogen and oxygen atoms in total. The summed E-state index contributed by atoms with van der Waals surface area (Å²) in [5.41, 5.74) is 1.51. The second kappa shape index (κ2) is 3.71. The van der Waals surface area contributed by atoms with Gasteiger partial charge in [0.05, 0.1) is 0 Å². The van der Waals surface area contributed by atoms with Gasteiger partial charge >= 0.3 is 0 Å². The van der Waals surface area contributed by atoms with Crippen molar-refractivity contribution in [2.75, 3.05) is 0 Å². The van der Waals surface area contributed by atoms with Crippen LogP contribution in [0.1, 0.15) is 34.1 Å². The van der Waals surface area contributed by atoms with Crippen molar-refractivity contribution in [2.45, 2.75) is 34.1 Å². The molecule has 0 aromatic carbocycles. The van der Waals surface area contributed by atoms with Crippen LogP contribution < -0.4 is 0 Å². The van der Waals surface area contributed by atoms with Gasteiger partial charge in [-0.05, 0) is 26.2 Å². The van der Waals surface area contributed by atoms with E-state index >= 15 is 0 Å².